The molecule has 1 heterocycles. The number of nitrogen functional groups attached to an aromatic ring is 1. The van der Waals surface area contributed by atoms with Gasteiger partial charge in [-0.15, -0.1) is 0 Å². The van der Waals surface area contributed by atoms with E-state index in [-0.39, 0.29) is 5.69 Å². The van der Waals surface area contributed by atoms with E-state index >= 15 is 0 Å². The third kappa shape index (κ3) is 1.79. The summed E-state index contributed by atoms with van der Waals surface area (Å²) in [6, 6.07) is 2.53. The fraction of sp³-hybridized carbons (Fsp3) is 0.0909. The van der Waals surface area contributed by atoms with Crippen molar-refractivity contribution in [2.24, 2.45) is 0 Å². The summed E-state index contributed by atoms with van der Waals surface area (Å²) in [5.41, 5.74) is 6.91. The van der Waals surface area contributed by atoms with Crippen LogP contribution in [0, 0.1) is 5.82 Å². The van der Waals surface area contributed by atoms with Crippen molar-refractivity contribution in [1.82, 2.24) is 9.97 Å². The van der Waals surface area contributed by atoms with Crippen LogP contribution in [0.3, 0.4) is 0 Å². The Labute approximate surface area is 91.9 Å². The lowest BCUT2D eigenvalue weighted by Gasteiger charge is -2.10. The van der Waals surface area contributed by atoms with Crippen molar-refractivity contribution in [3.8, 4) is 17.0 Å². The molecule has 5 heteroatoms. The molecule has 82 valence electrons. The van der Waals surface area contributed by atoms with E-state index in [0.29, 0.717) is 17.0 Å². The second kappa shape index (κ2) is 4.14. The zero-order valence-corrected chi connectivity index (χ0v) is 8.64. The van der Waals surface area contributed by atoms with Gasteiger partial charge in [0.2, 0.25) is 0 Å². The number of anilines is 1. The Bertz CT molecular complexity index is 502. The van der Waals surface area contributed by atoms with Crippen LogP contribution >= 0.6 is 0 Å². The Morgan fingerprint density at radius 3 is 2.75 bits per heavy atom. The van der Waals surface area contributed by atoms with E-state index in [1.165, 1.54) is 31.6 Å². The van der Waals surface area contributed by atoms with Crippen LogP contribution in [0.15, 0.2) is 30.7 Å². The molecular formula is C11H10FN3O. The lowest BCUT2D eigenvalue weighted by atomic mass is 10.1. The van der Waals surface area contributed by atoms with Gasteiger partial charge in [-0.25, -0.2) is 4.39 Å². The Kier molecular flexibility index (Phi) is 2.68. The van der Waals surface area contributed by atoms with E-state index in [0.717, 1.165) is 0 Å². The summed E-state index contributed by atoms with van der Waals surface area (Å²) in [5, 5.41) is 0. The fourth-order valence-corrected chi connectivity index (χ4v) is 1.47. The number of hydrogen-bond acceptors (Lipinski definition) is 4. The number of methoxy groups -OCH3 is 1. The van der Waals surface area contributed by atoms with Crippen molar-refractivity contribution < 1.29 is 9.13 Å². The molecule has 4 nitrogen and oxygen atoms in total. The van der Waals surface area contributed by atoms with Crippen molar-refractivity contribution >= 4 is 5.69 Å². The maximum Gasteiger partial charge on any atom is 0.151 e. The first-order valence-corrected chi connectivity index (χ1v) is 4.61. The SMILES string of the molecule is COc1c(N)cc(F)cc1-c1cnccn1. The van der Waals surface area contributed by atoms with Gasteiger partial charge in [-0.3, -0.25) is 9.97 Å². The van der Waals surface area contributed by atoms with Gasteiger partial charge in [0.1, 0.15) is 5.82 Å². The molecule has 1 aromatic heterocycles. The van der Waals surface area contributed by atoms with Crippen molar-refractivity contribution in [3.05, 3.63) is 36.5 Å². The molecule has 0 saturated carbocycles. The number of halogens is 1. The van der Waals surface area contributed by atoms with E-state index in [2.05, 4.69) is 9.97 Å². The summed E-state index contributed by atoms with van der Waals surface area (Å²) in [6.07, 6.45) is 4.59. The molecule has 0 saturated heterocycles. The molecule has 0 radical (unpaired) electrons. The number of nitrogens with zero attached hydrogens (tertiary/aromatic N) is 2. The number of benzene rings is 1. The van der Waals surface area contributed by atoms with Crippen LogP contribution in [0.2, 0.25) is 0 Å². The van der Waals surface area contributed by atoms with Crippen LogP contribution in [0.4, 0.5) is 10.1 Å². The largest absolute Gasteiger partial charge is 0.494 e. The van der Waals surface area contributed by atoms with Gasteiger partial charge in [0.15, 0.2) is 5.75 Å². The first-order valence-electron chi connectivity index (χ1n) is 4.61. The minimum absolute atomic E-state index is 0.239. The quantitative estimate of drug-likeness (QED) is 0.783. The highest BCUT2D eigenvalue weighted by atomic mass is 19.1. The molecule has 2 aromatic rings. The molecule has 2 rings (SSSR count). The lowest BCUT2D eigenvalue weighted by Crippen LogP contribution is -1.97. The molecule has 0 bridgehead atoms. The third-order valence-corrected chi connectivity index (χ3v) is 2.13. The zero-order valence-electron chi connectivity index (χ0n) is 8.64. The molecule has 0 atom stereocenters. The monoisotopic (exact) mass is 219 g/mol. The fourth-order valence-electron chi connectivity index (χ4n) is 1.47. The summed E-state index contributed by atoms with van der Waals surface area (Å²) in [4.78, 5) is 7.99. The van der Waals surface area contributed by atoms with Gasteiger partial charge < -0.3 is 10.5 Å². The summed E-state index contributed by atoms with van der Waals surface area (Å²) in [6.45, 7) is 0. The highest BCUT2D eigenvalue weighted by Gasteiger charge is 2.12. The van der Waals surface area contributed by atoms with Crippen LogP contribution in [-0.2, 0) is 0 Å². The molecule has 0 spiro atoms. The normalized spacial score (nSPS) is 10.1. The van der Waals surface area contributed by atoms with E-state index in [4.69, 9.17) is 10.5 Å². The zero-order chi connectivity index (χ0) is 11.5. The van der Waals surface area contributed by atoms with Crippen LogP contribution in [0.1, 0.15) is 0 Å². The van der Waals surface area contributed by atoms with Gasteiger partial charge in [-0.2, -0.15) is 0 Å². The Morgan fingerprint density at radius 1 is 1.31 bits per heavy atom. The lowest BCUT2D eigenvalue weighted by molar-refractivity contribution is 0.417. The number of ether oxygens (including phenoxy) is 1. The molecule has 2 N–H and O–H groups in total. The van der Waals surface area contributed by atoms with Crippen LogP contribution in [0.25, 0.3) is 11.3 Å². The van der Waals surface area contributed by atoms with Gasteiger partial charge in [0, 0.05) is 24.0 Å². The second-order valence-corrected chi connectivity index (χ2v) is 3.17. The summed E-state index contributed by atoms with van der Waals surface area (Å²) >= 11 is 0. The van der Waals surface area contributed by atoms with Gasteiger partial charge in [-0.05, 0) is 6.07 Å². The predicted molar refractivity (Wildman–Crippen MR) is 58.4 cm³/mol. The Balaban J connectivity index is 2.64. The Hall–Kier alpha value is -2.17. The highest BCUT2D eigenvalue weighted by Crippen LogP contribution is 2.34. The number of aromatic nitrogens is 2. The van der Waals surface area contributed by atoms with Crippen LogP contribution in [0.5, 0.6) is 5.75 Å². The summed E-state index contributed by atoms with van der Waals surface area (Å²) in [5.74, 6) is -0.0270. The number of hydrogen-bond donors (Lipinski definition) is 1. The first-order chi connectivity index (χ1) is 7.72. The minimum atomic E-state index is -0.432. The van der Waals surface area contributed by atoms with Crippen molar-refractivity contribution in [1.29, 1.82) is 0 Å². The topological polar surface area (TPSA) is 61.0 Å². The van der Waals surface area contributed by atoms with Gasteiger partial charge in [-0.1, -0.05) is 0 Å². The van der Waals surface area contributed by atoms with Crippen LogP contribution < -0.4 is 10.5 Å². The summed E-state index contributed by atoms with van der Waals surface area (Å²) in [7, 11) is 1.48. The molecule has 0 aliphatic carbocycles. The second-order valence-electron chi connectivity index (χ2n) is 3.17. The molecular weight excluding hydrogens is 209 g/mol. The molecule has 1 aromatic carbocycles. The molecule has 0 aliphatic heterocycles. The van der Waals surface area contributed by atoms with Gasteiger partial charge >= 0.3 is 0 Å². The number of nitrogens with two attached hydrogens (primary N) is 1. The molecule has 0 aliphatic rings. The van der Waals surface area contributed by atoms with E-state index in [9.17, 15) is 4.39 Å². The van der Waals surface area contributed by atoms with Gasteiger partial charge in [0.05, 0.1) is 24.7 Å². The van der Waals surface area contributed by atoms with Crippen molar-refractivity contribution in [2.75, 3.05) is 12.8 Å². The van der Waals surface area contributed by atoms with Gasteiger partial charge in [0.25, 0.3) is 0 Å². The maximum atomic E-state index is 13.2. The molecule has 16 heavy (non-hydrogen) atoms. The minimum Gasteiger partial charge on any atom is -0.494 e. The maximum absolute atomic E-state index is 13.2. The van der Waals surface area contributed by atoms with E-state index in [1.807, 2.05) is 0 Å². The smallest absolute Gasteiger partial charge is 0.151 e. The predicted octanol–water partition coefficient (Wildman–Crippen LogP) is 1.87. The average Bonchev–Trinajstić information content (AvgIpc) is 2.29. The average molecular weight is 219 g/mol. The van der Waals surface area contributed by atoms with Crippen LogP contribution in [-0.4, -0.2) is 17.1 Å². The first kappa shape index (κ1) is 10.4. The number of rotatable bonds is 2. The highest BCUT2D eigenvalue weighted by molar-refractivity contribution is 5.74. The Morgan fingerprint density at radius 2 is 2.12 bits per heavy atom. The molecule has 0 fully saturated rings. The van der Waals surface area contributed by atoms with E-state index in [1.54, 1.807) is 6.20 Å². The van der Waals surface area contributed by atoms with Crippen molar-refractivity contribution in [3.63, 3.8) is 0 Å². The van der Waals surface area contributed by atoms with Crippen molar-refractivity contribution in [2.45, 2.75) is 0 Å². The standard InChI is InChI=1S/C11H10FN3O/c1-16-11-8(4-7(12)5-9(11)13)10-6-14-2-3-15-10/h2-6H,13H2,1H3. The third-order valence-electron chi connectivity index (χ3n) is 2.13. The molecule has 0 amide bonds. The molecule has 0 unspecified atom stereocenters. The van der Waals surface area contributed by atoms with E-state index < -0.39 is 5.82 Å². The summed E-state index contributed by atoms with van der Waals surface area (Å²) < 4.78 is 18.4.